The number of amidine groups is 1. The Morgan fingerprint density at radius 3 is 2.25 bits per heavy atom. The fraction of sp³-hybridized carbons (Fsp3) is 0.0435. The molecule has 0 unspecified atom stereocenters. The van der Waals surface area contributed by atoms with Crippen LogP contribution >= 0.6 is 15.9 Å². The summed E-state index contributed by atoms with van der Waals surface area (Å²) >= 11 is 3.43. The number of amides is 1. The number of rotatable bonds is 4. The van der Waals surface area contributed by atoms with Gasteiger partial charge >= 0.3 is 0 Å². The van der Waals surface area contributed by atoms with Gasteiger partial charge < -0.3 is 4.74 Å². The molecule has 0 N–H and O–H groups in total. The maximum atomic E-state index is 13.2. The highest BCUT2D eigenvalue weighted by molar-refractivity contribution is 9.10. The molecular weight excluding hydrogens is 416 g/mol. The topological polar surface area (TPSA) is 41.9 Å². The lowest BCUT2D eigenvalue weighted by Gasteiger charge is -2.18. The standard InChI is InChI=1S/C23H17BrN2O2/c1-28-20-13-11-19(12-14-20)26-22(17-5-3-2-4-6-17)25-21(23(26)27)15-16-7-9-18(24)10-8-16/h2-15H,1H3/b21-15+. The Kier molecular flexibility index (Phi) is 5.08. The molecule has 5 heteroatoms. The Morgan fingerprint density at radius 2 is 1.61 bits per heavy atom. The van der Waals surface area contributed by atoms with Crippen molar-refractivity contribution in [3.63, 3.8) is 0 Å². The third kappa shape index (κ3) is 3.62. The maximum Gasteiger partial charge on any atom is 0.282 e. The number of ether oxygens (including phenoxy) is 1. The van der Waals surface area contributed by atoms with E-state index in [0.29, 0.717) is 11.5 Å². The monoisotopic (exact) mass is 432 g/mol. The fourth-order valence-electron chi connectivity index (χ4n) is 2.99. The van der Waals surface area contributed by atoms with Crippen LogP contribution in [0.15, 0.2) is 94.0 Å². The normalized spacial score (nSPS) is 15.1. The number of hydrogen-bond donors (Lipinski definition) is 0. The fourth-order valence-corrected chi connectivity index (χ4v) is 3.25. The van der Waals surface area contributed by atoms with Gasteiger partial charge in [0.2, 0.25) is 0 Å². The molecule has 0 saturated heterocycles. The smallest absolute Gasteiger partial charge is 0.282 e. The highest BCUT2D eigenvalue weighted by atomic mass is 79.9. The van der Waals surface area contributed by atoms with Crippen LogP contribution in [0.25, 0.3) is 6.08 Å². The molecule has 0 aromatic heterocycles. The molecule has 138 valence electrons. The van der Waals surface area contributed by atoms with E-state index in [4.69, 9.17) is 4.74 Å². The van der Waals surface area contributed by atoms with Gasteiger partial charge in [-0.1, -0.05) is 58.4 Å². The van der Waals surface area contributed by atoms with Gasteiger partial charge in [0.1, 0.15) is 17.3 Å². The van der Waals surface area contributed by atoms with Gasteiger partial charge in [-0.25, -0.2) is 4.99 Å². The molecule has 1 heterocycles. The minimum Gasteiger partial charge on any atom is -0.497 e. The number of anilines is 1. The predicted molar refractivity (Wildman–Crippen MR) is 116 cm³/mol. The van der Waals surface area contributed by atoms with Gasteiger partial charge in [0.25, 0.3) is 5.91 Å². The molecule has 3 aromatic rings. The van der Waals surface area contributed by atoms with Crippen molar-refractivity contribution in [2.45, 2.75) is 0 Å². The molecule has 0 radical (unpaired) electrons. The minimum atomic E-state index is -0.160. The van der Waals surface area contributed by atoms with Crippen molar-refractivity contribution in [2.24, 2.45) is 4.99 Å². The maximum absolute atomic E-state index is 13.2. The summed E-state index contributed by atoms with van der Waals surface area (Å²) in [6, 6.07) is 24.9. The second kappa shape index (κ2) is 7.82. The molecule has 1 aliphatic rings. The quantitative estimate of drug-likeness (QED) is 0.525. The average Bonchev–Trinajstić information content (AvgIpc) is 3.06. The molecule has 4 rings (SSSR count). The Morgan fingerprint density at radius 1 is 0.929 bits per heavy atom. The first kappa shape index (κ1) is 18.2. The molecule has 28 heavy (non-hydrogen) atoms. The van der Waals surface area contributed by atoms with E-state index in [9.17, 15) is 4.79 Å². The van der Waals surface area contributed by atoms with Crippen molar-refractivity contribution < 1.29 is 9.53 Å². The molecule has 3 aromatic carbocycles. The summed E-state index contributed by atoms with van der Waals surface area (Å²) < 4.78 is 6.22. The van der Waals surface area contributed by atoms with Crippen molar-refractivity contribution in [1.29, 1.82) is 0 Å². The third-order valence-corrected chi connectivity index (χ3v) is 4.93. The number of aliphatic imine (C=N–C) groups is 1. The molecule has 4 nitrogen and oxygen atoms in total. The number of carbonyl (C=O) groups excluding carboxylic acids is 1. The van der Waals surface area contributed by atoms with E-state index in [-0.39, 0.29) is 5.91 Å². The molecule has 1 amide bonds. The highest BCUT2D eigenvalue weighted by Crippen LogP contribution is 2.29. The summed E-state index contributed by atoms with van der Waals surface area (Å²) in [6.07, 6.45) is 1.81. The summed E-state index contributed by atoms with van der Waals surface area (Å²) in [5.74, 6) is 1.19. The zero-order valence-corrected chi connectivity index (χ0v) is 16.8. The molecule has 0 spiro atoms. The first-order valence-corrected chi connectivity index (χ1v) is 9.55. The average molecular weight is 433 g/mol. The molecular formula is C23H17BrN2O2. The van der Waals surface area contributed by atoms with Gasteiger partial charge in [-0.3, -0.25) is 9.69 Å². The van der Waals surface area contributed by atoms with E-state index in [1.165, 1.54) is 0 Å². The highest BCUT2D eigenvalue weighted by Gasteiger charge is 2.32. The van der Waals surface area contributed by atoms with E-state index in [1.807, 2.05) is 78.9 Å². The molecule has 1 aliphatic heterocycles. The second-order valence-electron chi connectivity index (χ2n) is 6.22. The van der Waals surface area contributed by atoms with Crippen molar-refractivity contribution in [1.82, 2.24) is 0 Å². The van der Waals surface area contributed by atoms with Crippen molar-refractivity contribution >= 4 is 39.4 Å². The Bertz CT molecular complexity index is 1060. The lowest BCUT2D eigenvalue weighted by atomic mass is 10.1. The summed E-state index contributed by atoms with van der Waals surface area (Å²) in [5.41, 5.74) is 2.94. The Hall–Kier alpha value is -3.18. The predicted octanol–water partition coefficient (Wildman–Crippen LogP) is 5.29. The van der Waals surface area contributed by atoms with Crippen LogP contribution in [0.1, 0.15) is 11.1 Å². The van der Waals surface area contributed by atoms with E-state index >= 15 is 0 Å². The SMILES string of the molecule is COc1ccc(N2C(=O)/C(=C\c3ccc(Br)cc3)N=C2c2ccccc2)cc1. The van der Waals surface area contributed by atoms with E-state index in [0.717, 1.165) is 27.0 Å². The Balaban J connectivity index is 1.79. The van der Waals surface area contributed by atoms with Gasteiger partial charge in [0, 0.05) is 10.0 Å². The van der Waals surface area contributed by atoms with Crippen LogP contribution in [0.4, 0.5) is 5.69 Å². The number of hydrogen-bond acceptors (Lipinski definition) is 3. The van der Waals surface area contributed by atoms with Gasteiger partial charge in [-0.05, 0) is 48.0 Å². The van der Waals surface area contributed by atoms with E-state index < -0.39 is 0 Å². The van der Waals surface area contributed by atoms with Crippen LogP contribution in [0.3, 0.4) is 0 Å². The largest absolute Gasteiger partial charge is 0.497 e. The lowest BCUT2D eigenvalue weighted by molar-refractivity contribution is -0.113. The number of carbonyl (C=O) groups is 1. The van der Waals surface area contributed by atoms with Crippen LogP contribution in [0.2, 0.25) is 0 Å². The minimum absolute atomic E-state index is 0.160. The summed E-state index contributed by atoms with van der Waals surface area (Å²) in [5, 5.41) is 0. The van der Waals surface area contributed by atoms with E-state index in [1.54, 1.807) is 18.1 Å². The van der Waals surface area contributed by atoms with Crippen molar-refractivity contribution in [3.8, 4) is 5.75 Å². The van der Waals surface area contributed by atoms with Gasteiger partial charge in [-0.2, -0.15) is 0 Å². The molecule has 0 saturated carbocycles. The molecule has 0 aliphatic carbocycles. The van der Waals surface area contributed by atoms with Crippen molar-refractivity contribution in [2.75, 3.05) is 12.0 Å². The summed E-state index contributed by atoms with van der Waals surface area (Å²) in [6.45, 7) is 0. The molecule has 0 bridgehead atoms. The number of nitrogens with zero attached hydrogens (tertiary/aromatic N) is 2. The second-order valence-corrected chi connectivity index (χ2v) is 7.14. The van der Waals surface area contributed by atoms with Crippen molar-refractivity contribution in [3.05, 3.63) is 100 Å². The zero-order valence-electron chi connectivity index (χ0n) is 15.2. The number of benzene rings is 3. The number of halogens is 1. The molecule has 0 atom stereocenters. The summed E-state index contributed by atoms with van der Waals surface area (Å²) in [7, 11) is 1.62. The van der Waals surface area contributed by atoms with Crippen LogP contribution in [-0.2, 0) is 4.79 Å². The summed E-state index contributed by atoms with van der Waals surface area (Å²) in [4.78, 5) is 19.5. The van der Waals surface area contributed by atoms with E-state index in [2.05, 4.69) is 20.9 Å². The Labute approximate surface area is 171 Å². The van der Waals surface area contributed by atoms with Crippen LogP contribution in [0.5, 0.6) is 5.75 Å². The molecule has 0 fully saturated rings. The van der Waals surface area contributed by atoms with Crippen LogP contribution < -0.4 is 9.64 Å². The zero-order chi connectivity index (χ0) is 19.5. The third-order valence-electron chi connectivity index (χ3n) is 4.40. The van der Waals surface area contributed by atoms with Gasteiger partial charge in [0.15, 0.2) is 0 Å². The number of methoxy groups -OCH3 is 1. The lowest BCUT2D eigenvalue weighted by Crippen LogP contribution is -2.32. The first-order chi connectivity index (χ1) is 13.7. The van der Waals surface area contributed by atoms with Crippen LogP contribution in [0, 0.1) is 0 Å². The van der Waals surface area contributed by atoms with Gasteiger partial charge in [0.05, 0.1) is 12.8 Å². The van der Waals surface area contributed by atoms with Gasteiger partial charge in [-0.15, -0.1) is 0 Å². The first-order valence-electron chi connectivity index (χ1n) is 8.75. The van der Waals surface area contributed by atoms with Crippen LogP contribution in [-0.4, -0.2) is 18.9 Å².